The smallest absolute Gasteiger partial charge is 0.248 e. The minimum absolute atomic E-state index is 0.114. The third-order valence-electron chi connectivity index (χ3n) is 3.22. The van der Waals surface area contributed by atoms with E-state index in [1.54, 1.807) is 13.8 Å². The third-order valence-corrected chi connectivity index (χ3v) is 3.22. The van der Waals surface area contributed by atoms with Crippen LogP contribution in [0.15, 0.2) is 9.15 Å². The molecule has 1 atom stereocenters. The van der Waals surface area contributed by atoms with Crippen LogP contribution in [0.25, 0.3) is 0 Å². The van der Waals surface area contributed by atoms with E-state index in [9.17, 15) is 4.79 Å². The molecule has 1 unspecified atom stereocenters. The maximum Gasteiger partial charge on any atom is 0.248 e. The molecule has 8 nitrogen and oxygen atoms in total. The SMILES string of the molecule is Cc1nonc1CC(=O)NC(C)c1nc(C2CC2)no1. The number of nitrogens with one attached hydrogen (secondary N) is 1. The van der Waals surface area contributed by atoms with Gasteiger partial charge in [-0.15, -0.1) is 0 Å². The van der Waals surface area contributed by atoms with Gasteiger partial charge in [-0.05, 0) is 26.7 Å². The van der Waals surface area contributed by atoms with E-state index in [-0.39, 0.29) is 18.4 Å². The molecule has 2 aromatic heterocycles. The normalized spacial score (nSPS) is 16.1. The largest absolute Gasteiger partial charge is 0.344 e. The van der Waals surface area contributed by atoms with Crippen LogP contribution < -0.4 is 5.32 Å². The lowest BCUT2D eigenvalue weighted by molar-refractivity contribution is -0.121. The molecule has 1 saturated carbocycles. The van der Waals surface area contributed by atoms with Crippen molar-refractivity contribution in [3.63, 3.8) is 0 Å². The molecule has 0 radical (unpaired) electrons. The summed E-state index contributed by atoms with van der Waals surface area (Å²) < 4.78 is 9.72. The summed E-state index contributed by atoms with van der Waals surface area (Å²) in [5.41, 5.74) is 1.14. The van der Waals surface area contributed by atoms with Crippen molar-refractivity contribution in [3.05, 3.63) is 23.1 Å². The van der Waals surface area contributed by atoms with Crippen LogP contribution >= 0.6 is 0 Å². The van der Waals surface area contributed by atoms with Gasteiger partial charge in [0, 0.05) is 5.92 Å². The molecule has 2 heterocycles. The van der Waals surface area contributed by atoms with E-state index in [1.165, 1.54) is 0 Å². The Hall–Kier alpha value is -2.25. The van der Waals surface area contributed by atoms with Crippen molar-refractivity contribution in [2.45, 2.75) is 45.1 Å². The molecule has 1 fully saturated rings. The number of aromatic nitrogens is 4. The Morgan fingerprint density at radius 2 is 2.20 bits per heavy atom. The number of rotatable bonds is 5. The van der Waals surface area contributed by atoms with E-state index in [1.807, 2.05) is 0 Å². The number of aryl methyl sites for hydroxylation is 1. The lowest BCUT2D eigenvalue weighted by Gasteiger charge is -2.08. The van der Waals surface area contributed by atoms with Crippen LogP contribution in [0.2, 0.25) is 0 Å². The quantitative estimate of drug-likeness (QED) is 0.870. The van der Waals surface area contributed by atoms with Crippen molar-refractivity contribution in [2.24, 2.45) is 0 Å². The fourth-order valence-corrected chi connectivity index (χ4v) is 1.85. The number of hydrogen-bond donors (Lipinski definition) is 1. The van der Waals surface area contributed by atoms with Gasteiger partial charge in [-0.25, -0.2) is 4.63 Å². The minimum atomic E-state index is -0.331. The first-order chi connectivity index (χ1) is 9.63. The van der Waals surface area contributed by atoms with Crippen molar-refractivity contribution in [1.82, 2.24) is 25.8 Å². The first-order valence-electron chi connectivity index (χ1n) is 6.54. The van der Waals surface area contributed by atoms with Crippen LogP contribution in [0.3, 0.4) is 0 Å². The molecule has 1 N–H and O–H groups in total. The maximum atomic E-state index is 11.9. The van der Waals surface area contributed by atoms with Gasteiger partial charge in [0.15, 0.2) is 5.82 Å². The molecule has 3 rings (SSSR count). The Morgan fingerprint density at radius 3 is 2.85 bits per heavy atom. The Balaban J connectivity index is 1.58. The second-order valence-corrected chi connectivity index (χ2v) is 5.03. The van der Waals surface area contributed by atoms with Gasteiger partial charge in [-0.3, -0.25) is 4.79 Å². The summed E-state index contributed by atoms with van der Waals surface area (Å²) >= 11 is 0. The van der Waals surface area contributed by atoms with Gasteiger partial charge in [0.2, 0.25) is 11.8 Å². The molecule has 0 spiro atoms. The summed E-state index contributed by atoms with van der Waals surface area (Å²) in [5, 5.41) is 14.0. The second-order valence-electron chi connectivity index (χ2n) is 5.03. The Kier molecular flexibility index (Phi) is 3.21. The van der Waals surface area contributed by atoms with Crippen LogP contribution in [-0.2, 0) is 11.2 Å². The van der Waals surface area contributed by atoms with Crippen LogP contribution in [0, 0.1) is 6.92 Å². The predicted molar refractivity (Wildman–Crippen MR) is 65.6 cm³/mol. The molecule has 20 heavy (non-hydrogen) atoms. The zero-order valence-corrected chi connectivity index (χ0v) is 11.3. The third kappa shape index (κ3) is 2.68. The van der Waals surface area contributed by atoms with Gasteiger partial charge in [0.1, 0.15) is 17.4 Å². The lowest BCUT2D eigenvalue weighted by Crippen LogP contribution is -2.28. The number of carbonyl (C=O) groups excluding carboxylic acids is 1. The van der Waals surface area contributed by atoms with E-state index in [0.29, 0.717) is 23.2 Å². The molecule has 1 aliphatic carbocycles. The Bertz CT molecular complexity index is 616. The molecular formula is C12H15N5O3. The van der Waals surface area contributed by atoms with E-state index >= 15 is 0 Å². The fraction of sp³-hybridized carbons (Fsp3) is 0.583. The minimum Gasteiger partial charge on any atom is -0.344 e. The molecule has 8 heteroatoms. The maximum absolute atomic E-state index is 11.9. The molecule has 106 valence electrons. The molecule has 2 aromatic rings. The van der Waals surface area contributed by atoms with Crippen molar-refractivity contribution in [1.29, 1.82) is 0 Å². The zero-order valence-electron chi connectivity index (χ0n) is 11.3. The van der Waals surface area contributed by atoms with Crippen molar-refractivity contribution < 1.29 is 13.9 Å². The van der Waals surface area contributed by atoms with Gasteiger partial charge in [0.05, 0.1) is 6.42 Å². The van der Waals surface area contributed by atoms with E-state index in [4.69, 9.17) is 4.52 Å². The lowest BCUT2D eigenvalue weighted by atomic mass is 10.2. The highest BCUT2D eigenvalue weighted by Crippen LogP contribution is 2.38. The summed E-state index contributed by atoms with van der Waals surface area (Å²) in [5.74, 6) is 1.40. The van der Waals surface area contributed by atoms with Crippen molar-refractivity contribution in [3.8, 4) is 0 Å². The highest BCUT2D eigenvalue weighted by atomic mass is 16.6. The topological polar surface area (TPSA) is 107 Å². The average Bonchev–Trinajstić information content (AvgIpc) is 3.00. The summed E-state index contributed by atoms with van der Waals surface area (Å²) in [6.07, 6.45) is 2.33. The van der Waals surface area contributed by atoms with Gasteiger partial charge in [0.25, 0.3) is 0 Å². The van der Waals surface area contributed by atoms with Gasteiger partial charge >= 0.3 is 0 Å². The van der Waals surface area contributed by atoms with E-state index < -0.39 is 0 Å². The van der Waals surface area contributed by atoms with Crippen LogP contribution in [0.1, 0.15) is 54.8 Å². The molecular weight excluding hydrogens is 262 g/mol. The summed E-state index contributed by atoms with van der Waals surface area (Å²) in [7, 11) is 0. The summed E-state index contributed by atoms with van der Waals surface area (Å²) in [6, 6.07) is -0.331. The Labute approximate surface area is 114 Å². The van der Waals surface area contributed by atoms with E-state index in [0.717, 1.165) is 18.7 Å². The number of carbonyl (C=O) groups is 1. The monoisotopic (exact) mass is 277 g/mol. The zero-order chi connectivity index (χ0) is 14.1. The van der Waals surface area contributed by atoms with Crippen molar-refractivity contribution >= 4 is 5.91 Å². The molecule has 0 aliphatic heterocycles. The van der Waals surface area contributed by atoms with Gasteiger partial charge < -0.3 is 9.84 Å². The molecule has 0 saturated heterocycles. The van der Waals surface area contributed by atoms with Crippen LogP contribution in [0.4, 0.5) is 0 Å². The summed E-state index contributed by atoms with van der Waals surface area (Å²) in [6.45, 7) is 3.54. The standard InChI is InChI=1S/C12H15N5O3/c1-6-9(16-20-15-6)5-10(18)13-7(2)12-14-11(17-19-12)8-3-4-8/h7-8H,3-5H2,1-2H3,(H,13,18). The first-order valence-corrected chi connectivity index (χ1v) is 6.54. The van der Waals surface area contributed by atoms with Crippen molar-refractivity contribution in [2.75, 3.05) is 0 Å². The number of amides is 1. The fourth-order valence-electron chi connectivity index (χ4n) is 1.85. The summed E-state index contributed by atoms with van der Waals surface area (Å²) in [4.78, 5) is 16.2. The van der Waals surface area contributed by atoms with Gasteiger partial charge in [-0.1, -0.05) is 15.5 Å². The van der Waals surface area contributed by atoms with Gasteiger partial charge in [-0.2, -0.15) is 4.98 Å². The molecule has 0 bridgehead atoms. The average molecular weight is 277 g/mol. The highest BCUT2D eigenvalue weighted by molar-refractivity contribution is 5.78. The number of nitrogens with zero attached hydrogens (tertiary/aromatic N) is 4. The van der Waals surface area contributed by atoms with Crippen LogP contribution in [-0.4, -0.2) is 26.4 Å². The number of hydrogen-bond acceptors (Lipinski definition) is 7. The van der Waals surface area contributed by atoms with Crippen LogP contribution in [0.5, 0.6) is 0 Å². The predicted octanol–water partition coefficient (Wildman–Crippen LogP) is 1.06. The molecule has 0 aromatic carbocycles. The highest BCUT2D eigenvalue weighted by Gasteiger charge is 2.29. The first kappa shape index (κ1) is 12.8. The second kappa shape index (κ2) is 5.03. The van der Waals surface area contributed by atoms with E-state index in [2.05, 4.69) is 30.4 Å². The molecule has 1 aliphatic rings. The molecule has 1 amide bonds. The Morgan fingerprint density at radius 1 is 1.40 bits per heavy atom.